The number of rotatable bonds is 10. The molecule has 3 rings (SSSR count). The van der Waals surface area contributed by atoms with Gasteiger partial charge >= 0.3 is 0 Å². The molecule has 0 radical (unpaired) electrons. The lowest BCUT2D eigenvalue weighted by Gasteiger charge is -2.11. The second-order valence-corrected chi connectivity index (χ2v) is 6.58. The van der Waals surface area contributed by atoms with Gasteiger partial charge in [-0.1, -0.05) is 43.3 Å². The van der Waals surface area contributed by atoms with E-state index < -0.39 is 0 Å². The third-order valence-corrected chi connectivity index (χ3v) is 4.15. The van der Waals surface area contributed by atoms with Crippen LogP contribution in [-0.4, -0.2) is 19.1 Å². The first kappa shape index (κ1) is 20.3. The minimum atomic E-state index is -0.122. The van der Waals surface area contributed by atoms with E-state index in [0.29, 0.717) is 13.2 Å². The standard InChI is InChI=1S/C24H26N2O3/c1-2-15-28-22-13-11-20(12-14-22)26-24(27)17-25-21-9-6-10-23(16-21)29-18-19-7-4-3-5-8-19/h3-14,16,25H,2,15,17-18H2,1H3,(H,26,27). The van der Waals surface area contributed by atoms with Gasteiger partial charge in [0.2, 0.25) is 5.91 Å². The molecule has 0 spiro atoms. The third-order valence-electron chi connectivity index (χ3n) is 4.15. The molecule has 0 atom stereocenters. The Bertz CT molecular complexity index is 896. The van der Waals surface area contributed by atoms with Crippen LogP contribution < -0.4 is 20.1 Å². The smallest absolute Gasteiger partial charge is 0.243 e. The first-order valence-electron chi connectivity index (χ1n) is 9.76. The van der Waals surface area contributed by atoms with Crippen molar-refractivity contribution in [3.8, 4) is 11.5 Å². The van der Waals surface area contributed by atoms with Gasteiger partial charge in [-0.05, 0) is 48.4 Å². The number of hydrogen-bond donors (Lipinski definition) is 2. The Morgan fingerprint density at radius 2 is 1.62 bits per heavy atom. The molecule has 150 valence electrons. The van der Waals surface area contributed by atoms with Crippen molar-refractivity contribution in [3.05, 3.63) is 84.4 Å². The van der Waals surface area contributed by atoms with Crippen molar-refractivity contribution in [2.75, 3.05) is 23.8 Å². The molecular weight excluding hydrogens is 364 g/mol. The van der Waals surface area contributed by atoms with E-state index in [0.717, 1.165) is 34.9 Å². The van der Waals surface area contributed by atoms with Crippen LogP contribution in [0.5, 0.6) is 11.5 Å². The van der Waals surface area contributed by atoms with Crippen LogP contribution in [0.15, 0.2) is 78.9 Å². The van der Waals surface area contributed by atoms with Crippen LogP contribution in [-0.2, 0) is 11.4 Å². The average Bonchev–Trinajstić information content (AvgIpc) is 2.77. The molecule has 0 bridgehead atoms. The van der Waals surface area contributed by atoms with Crippen LogP contribution in [0.4, 0.5) is 11.4 Å². The van der Waals surface area contributed by atoms with Crippen molar-refractivity contribution in [1.82, 2.24) is 0 Å². The molecule has 5 nitrogen and oxygen atoms in total. The lowest BCUT2D eigenvalue weighted by Crippen LogP contribution is -2.21. The van der Waals surface area contributed by atoms with Gasteiger partial charge in [-0.3, -0.25) is 4.79 Å². The van der Waals surface area contributed by atoms with Gasteiger partial charge < -0.3 is 20.1 Å². The Morgan fingerprint density at radius 1 is 0.828 bits per heavy atom. The molecule has 3 aromatic rings. The Kier molecular flexibility index (Phi) is 7.52. The van der Waals surface area contributed by atoms with E-state index in [-0.39, 0.29) is 12.5 Å². The van der Waals surface area contributed by atoms with E-state index in [9.17, 15) is 4.79 Å². The largest absolute Gasteiger partial charge is 0.494 e. The molecule has 29 heavy (non-hydrogen) atoms. The van der Waals surface area contributed by atoms with Gasteiger partial charge in [-0.25, -0.2) is 0 Å². The predicted octanol–water partition coefficient (Wildman–Crippen LogP) is 5.11. The molecule has 3 aromatic carbocycles. The first-order valence-corrected chi connectivity index (χ1v) is 9.76. The Balaban J connectivity index is 1.46. The maximum absolute atomic E-state index is 12.2. The highest BCUT2D eigenvalue weighted by molar-refractivity contribution is 5.93. The van der Waals surface area contributed by atoms with Gasteiger partial charge in [0.25, 0.3) is 0 Å². The van der Waals surface area contributed by atoms with Gasteiger partial charge in [0, 0.05) is 17.4 Å². The van der Waals surface area contributed by atoms with Gasteiger partial charge in [-0.2, -0.15) is 0 Å². The predicted molar refractivity (Wildman–Crippen MR) is 117 cm³/mol. The van der Waals surface area contributed by atoms with E-state index in [4.69, 9.17) is 9.47 Å². The first-order chi connectivity index (χ1) is 14.2. The normalized spacial score (nSPS) is 10.2. The number of nitrogens with one attached hydrogen (secondary N) is 2. The highest BCUT2D eigenvalue weighted by atomic mass is 16.5. The summed E-state index contributed by atoms with van der Waals surface area (Å²) >= 11 is 0. The topological polar surface area (TPSA) is 59.6 Å². The molecule has 0 saturated heterocycles. The zero-order valence-corrected chi connectivity index (χ0v) is 16.6. The molecular formula is C24H26N2O3. The molecule has 2 N–H and O–H groups in total. The monoisotopic (exact) mass is 390 g/mol. The molecule has 0 unspecified atom stereocenters. The number of benzene rings is 3. The fourth-order valence-corrected chi connectivity index (χ4v) is 2.68. The minimum Gasteiger partial charge on any atom is -0.494 e. The summed E-state index contributed by atoms with van der Waals surface area (Å²) in [4.78, 5) is 12.2. The molecule has 0 heterocycles. The summed E-state index contributed by atoms with van der Waals surface area (Å²) in [7, 11) is 0. The lowest BCUT2D eigenvalue weighted by molar-refractivity contribution is -0.114. The molecule has 0 aliphatic carbocycles. The maximum atomic E-state index is 12.2. The van der Waals surface area contributed by atoms with Crippen LogP contribution in [0, 0.1) is 0 Å². The average molecular weight is 390 g/mol. The number of amides is 1. The van der Waals surface area contributed by atoms with Gasteiger partial charge in [-0.15, -0.1) is 0 Å². The van der Waals surface area contributed by atoms with Crippen molar-refractivity contribution < 1.29 is 14.3 Å². The summed E-state index contributed by atoms with van der Waals surface area (Å²) < 4.78 is 11.4. The van der Waals surface area contributed by atoms with Crippen molar-refractivity contribution in [2.24, 2.45) is 0 Å². The zero-order chi connectivity index (χ0) is 20.3. The molecule has 0 fully saturated rings. The van der Waals surface area contributed by atoms with E-state index in [2.05, 4.69) is 17.6 Å². The molecule has 0 saturated carbocycles. The van der Waals surface area contributed by atoms with Crippen LogP contribution >= 0.6 is 0 Å². The highest BCUT2D eigenvalue weighted by Gasteiger charge is 2.04. The summed E-state index contributed by atoms with van der Waals surface area (Å²) in [6.45, 7) is 3.41. The number of carbonyl (C=O) groups excluding carboxylic acids is 1. The Labute approximate surface area is 171 Å². The van der Waals surface area contributed by atoms with E-state index in [1.54, 1.807) is 0 Å². The Hall–Kier alpha value is -3.47. The van der Waals surface area contributed by atoms with Gasteiger partial charge in [0.1, 0.15) is 18.1 Å². The second-order valence-electron chi connectivity index (χ2n) is 6.58. The molecule has 1 amide bonds. The van der Waals surface area contributed by atoms with Gasteiger partial charge in [0.15, 0.2) is 0 Å². The number of carbonyl (C=O) groups is 1. The van der Waals surface area contributed by atoms with Crippen LogP contribution in [0.3, 0.4) is 0 Å². The summed E-state index contributed by atoms with van der Waals surface area (Å²) in [5.41, 5.74) is 2.67. The van der Waals surface area contributed by atoms with Crippen molar-refractivity contribution in [2.45, 2.75) is 20.0 Å². The SMILES string of the molecule is CCCOc1ccc(NC(=O)CNc2cccc(OCc3ccccc3)c2)cc1. The number of anilines is 2. The summed E-state index contributed by atoms with van der Waals surface area (Å²) in [6, 6.07) is 25.0. The van der Waals surface area contributed by atoms with E-state index in [1.807, 2.05) is 78.9 Å². The van der Waals surface area contributed by atoms with Crippen LogP contribution in [0.2, 0.25) is 0 Å². The second kappa shape index (κ2) is 10.8. The molecule has 5 heteroatoms. The Morgan fingerprint density at radius 3 is 2.38 bits per heavy atom. The van der Waals surface area contributed by atoms with Crippen molar-refractivity contribution in [3.63, 3.8) is 0 Å². The summed E-state index contributed by atoms with van der Waals surface area (Å²) in [5, 5.41) is 5.99. The maximum Gasteiger partial charge on any atom is 0.243 e. The molecule has 0 aliphatic heterocycles. The minimum absolute atomic E-state index is 0.122. The number of ether oxygens (including phenoxy) is 2. The molecule has 0 aliphatic rings. The summed E-state index contributed by atoms with van der Waals surface area (Å²) in [5.74, 6) is 1.43. The fourth-order valence-electron chi connectivity index (χ4n) is 2.68. The number of hydrogen-bond acceptors (Lipinski definition) is 4. The van der Waals surface area contributed by atoms with E-state index in [1.165, 1.54) is 0 Å². The highest BCUT2D eigenvalue weighted by Crippen LogP contribution is 2.19. The lowest BCUT2D eigenvalue weighted by atomic mass is 10.2. The third kappa shape index (κ3) is 6.88. The van der Waals surface area contributed by atoms with Crippen molar-refractivity contribution >= 4 is 17.3 Å². The fraction of sp³-hybridized carbons (Fsp3) is 0.208. The summed E-state index contributed by atoms with van der Waals surface area (Å²) in [6.07, 6.45) is 0.961. The van der Waals surface area contributed by atoms with Crippen molar-refractivity contribution in [1.29, 1.82) is 0 Å². The zero-order valence-electron chi connectivity index (χ0n) is 16.6. The van der Waals surface area contributed by atoms with E-state index >= 15 is 0 Å². The quantitative estimate of drug-likeness (QED) is 0.505. The van der Waals surface area contributed by atoms with Crippen LogP contribution in [0.25, 0.3) is 0 Å². The van der Waals surface area contributed by atoms with Gasteiger partial charge in [0.05, 0.1) is 13.2 Å². The van der Waals surface area contributed by atoms with Crippen LogP contribution in [0.1, 0.15) is 18.9 Å². The molecule has 0 aromatic heterocycles.